The van der Waals surface area contributed by atoms with Gasteiger partial charge in [0.1, 0.15) is 5.75 Å². The average Bonchev–Trinajstić information content (AvgIpc) is 2.87. The maximum Gasteiger partial charge on any atom is 0.122 e. The van der Waals surface area contributed by atoms with Gasteiger partial charge in [0.2, 0.25) is 0 Å². The Morgan fingerprint density at radius 2 is 2.00 bits per heavy atom. The Morgan fingerprint density at radius 3 is 2.72 bits per heavy atom. The second-order valence-corrected chi connectivity index (χ2v) is 5.88. The second kappa shape index (κ2) is 4.58. The van der Waals surface area contributed by atoms with Crippen molar-refractivity contribution in [3.8, 4) is 5.75 Å². The second-order valence-electron chi connectivity index (χ2n) is 5.88. The van der Waals surface area contributed by atoms with Crippen LogP contribution in [-0.2, 0) is 11.8 Å². The van der Waals surface area contributed by atoms with E-state index in [4.69, 9.17) is 10.5 Å². The van der Waals surface area contributed by atoms with E-state index in [0.29, 0.717) is 0 Å². The molecule has 2 heteroatoms. The molecule has 2 aliphatic rings. The van der Waals surface area contributed by atoms with Crippen molar-refractivity contribution >= 4 is 0 Å². The fourth-order valence-electron chi connectivity index (χ4n) is 3.92. The number of fused-ring (bicyclic) bond motifs is 1. The highest BCUT2D eigenvalue weighted by molar-refractivity contribution is 5.51. The van der Waals surface area contributed by atoms with Crippen molar-refractivity contribution in [1.29, 1.82) is 0 Å². The van der Waals surface area contributed by atoms with Gasteiger partial charge in [-0.2, -0.15) is 0 Å². The first-order valence-electron chi connectivity index (χ1n) is 7.23. The molecule has 0 atom stereocenters. The fraction of sp³-hybridized carbons (Fsp3) is 0.625. The van der Waals surface area contributed by atoms with Gasteiger partial charge < -0.3 is 10.5 Å². The van der Waals surface area contributed by atoms with E-state index in [1.165, 1.54) is 48.8 Å². The Labute approximate surface area is 110 Å². The lowest BCUT2D eigenvalue weighted by Crippen LogP contribution is -2.38. The van der Waals surface area contributed by atoms with E-state index in [1.807, 2.05) is 0 Å². The largest absolute Gasteiger partial charge is 0.493 e. The van der Waals surface area contributed by atoms with Gasteiger partial charge in [0.25, 0.3) is 0 Å². The quantitative estimate of drug-likeness (QED) is 0.869. The summed E-state index contributed by atoms with van der Waals surface area (Å²) in [5.41, 5.74) is 10.8. The van der Waals surface area contributed by atoms with E-state index in [0.717, 1.165) is 25.3 Å². The average molecular weight is 245 g/mol. The summed E-state index contributed by atoms with van der Waals surface area (Å²) in [6.07, 6.45) is 7.57. The van der Waals surface area contributed by atoms with Crippen LogP contribution in [0.5, 0.6) is 5.75 Å². The lowest BCUT2D eigenvalue weighted by molar-refractivity contribution is 0.298. The first-order chi connectivity index (χ1) is 8.77. The summed E-state index contributed by atoms with van der Waals surface area (Å²) in [7, 11) is 0. The van der Waals surface area contributed by atoms with Crippen LogP contribution in [0, 0.1) is 6.92 Å². The maximum atomic E-state index is 6.19. The molecule has 2 N–H and O–H groups in total. The molecule has 1 fully saturated rings. The molecule has 1 saturated carbocycles. The molecule has 0 amide bonds. The molecule has 0 radical (unpaired) electrons. The van der Waals surface area contributed by atoms with Crippen molar-refractivity contribution in [2.75, 3.05) is 13.2 Å². The van der Waals surface area contributed by atoms with E-state index in [2.05, 4.69) is 19.1 Å². The highest BCUT2D eigenvalue weighted by Crippen LogP contribution is 2.45. The summed E-state index contributed by atoms with van der Waals surface area (Å²) in [5.74, 6) is 1.11. The molecule has 3 rings (SSSR count). The lowest BCUT2D eigenvalue weighted by atomic mass is 9.66. The predicted molar refractivity (Wildman–Crippen MR) is 74.2 cm³/mol. The Balaban J connectivity index is 2.12. The van der Waals surface area contributed by atoms with E-state index in [1.54, 1.807) is 0 Å². The molecule has 1 aliphatic heterocycles. The van der Waals surface area contributed by atoms with Crippen molar-refractivity contribution in [1.82, 2.24) is 0 Å². The van der Waals surface area contributed by atoms with Crippen LogP contribution in [0.15, 0.2) is 12.1 Å². The zero-order valence-electron chi connectivity index (χ0n) is 11.3. The van der Waals surface area contributed by atoms with Crippen molar-refractivity contribution in [2.24, 2.45) is 5.73 Å². The highest BCUT2D eigenvalue weighted by atomic mass is 16.5. The summed E-state index contributed by atoms with van der Waals surface area (Å²) >= 11 is 0. The van der Waals surface area contributed by atoms with Crippen molar-refractivity contribution in [3.05, 3.63) is 28.8 Å². The van der Waals surface area contributed by atoms with Gasteiger partial charge in [0, 0.05) is 23.9 Å². The van der Waals surface area contributed by atoms with Gasteiger partial charge in [-0.25, -0.2) is 0 Å². The molecule has 0 saturated heterocycles. The Bertz CT molecular complexity index is 447. The third-order valence-corrected chi connectivity index (χ3v) is 4.82. The maximum absolute atomic E-state index is 6.19. The molecule has 0 aromatic heterocycles. The topological polar surface area (TPSA) is 35.2 Å². The molecule has 1 aromatic rings. The summed E-state index contributed by atoms with van der Waals surface area (Å²) < 4.78 is 5.73. The van der Waals surface area contributed by atoms with E-state index in [9.17, 15) is 0 Å². The van der Waals surface area contributed by atoms with Crippen LogP contribution in [0.3, 0.4) is 0 Å². The third kappa shape index (κ3) is 1.74. The number of benzene rings is 1. The van der Waals surface area contributed by atoms with E-state index >= 15 is 0 Å². The van der Waals surface area contributed by atoms with Crippen LogP contribution < -0.4 is 10.5 Å². The zero-order chi connectivity index (χ0) is 12.6. The molecule has 1 aromatic carbocycles. The van der Waals surface area contributed by atoms with Crippen LogP contribution in [0.2, 0.25) is 0 Å². The Morgan fingerprint density at radius 1 is 1.22 bits per heavy atom. The number of hydrogen-bond donors (Lipinski definition) is 1. The van der Waals surface area contributed by atoms with E-state index < -0.39 is 0 Å². The highest BCUT2D eigenvalue weighted by Gasteiger charge is 2.37. The van der Waals surface area contributed by atoms with E-state index in [-0.39, 0.29) is 5.41 Å². The molecule has 18 heavy (non-hydrogen) atoms. The fourth-order valence-corrected chi connectivity index (χ4v) is 3.92. The van der Waals surface area contributed by atoms with Gasteiger partial charge in [-0.1, -0.05) is 25.3 Å². The minimum absolute atomic E-state index is 0.224. The molecule has 98 valence electrons. The number of aryl methyl sites for hydroxylation is 1. The van der Waals surface area contributed by atoms with Crippen LogP contribution in [0.25, 0.3) is 0 Å². The predicted octanol–water partition coefficient (Wildman–Crippen LogP) is 3.09. The van der Waals surface area contributed by atoms with Gasteiger partial charge in [-0.05, 0) is 37.0 Å². The summed E-state index contributed by atoms with van der Waals surface area (Å²) in [6.45, 7) is 3.86. The van der Waals surface area contributed by atoms with Crippen molar-refractivity contribution < 1.29 is 4.74 Å². The van der Waals surface area contributed by atoms with Gasteiger partial charge >= 0.3 is 0 Å². The van der Waals surface area contributed by atoms with Crippen molar-refractivity contribution in [3.63, 3.8) is 0 Å². The zero-order valence-corrected chi connectivity index (χ0v) is 11.3. The molecular weight excluding hydrogens is 222 g/mol. The van der Waals surface area contributed by atoms with Gasteiger partial charge in [0.15, 0.2) is 0 Å². The Hall–Kier alpha value is -1.02. The van der Waals surface area contributed by atoms with Crippen molar-refractivity contribution in [2.45, 2.75) is 50.9 Å². The molecule has 0 unspecified atom stereocenters. The van der Waals surface area contributed by atoms with Crippen LogP contribution in [0.1, 0.15) is 48.8 Å². The molecule has 2 nitrogen and oxygen atoms in total. The molecule has 0 spiro atoms. The first-order valence-corrected chi connectivity index (χ1v) is 7.23. The smallest absolute Gasteiger partial charge is 0.122 e. The standard InChI is InChI=1S/C16H23NO/c1-12-5-6-14-13(7-10-18-14)15(12)16(11-17)8-3-2-4-9-16/h5-6H,2-4,7-11,17H2,1H3. The normalized spacial score (nSPS) is 21.4. The van der Waals surface area contributed by atoms with Gasteiger partial charge in [0.05, 0.1) is 6.61 Å². The Kier molecular flexibility index (Phi) is 3.06. The monoisotopic (exact) mass is 245 g/mol. The molecule has 1 heterocycles. The third-order valence-electron chi connectivity index (χ3n) is 4.82. The summed E-state index contributed by atoms with van der Waals surface area (Å²) in [5, 5.41) is 0. The minimum Gasteiger partial charge on any atom is -0.493 e. The molecule has 0 bridgehead atoms. The molecular formula is C16H23NO. The van der Waals surface area contributed by atoms with Gasteiger partial charge in [-0.3, -0.25) is 0 Å². The molecule has 1 aliphatic carbocycles. The van der Waals surface area contributed by atoms with Crippen LogP contribution >= 0.6 is 0 Å². The SMILES string of the molecule is Cc1ccc2c(c1C1(CN)CCCCC1)CCO2. The number of hydrogen-bond acceptors (Lipinski definition) is 2. The lowest BCUT2D eigenvalue weighted by Gasteiger charge is -2.39. The van der Waals surface area contributed by atoms with Crippen LogP contribution in [-0.4, -0.2) is 13.2 Å². The number of nitrogens with two attached hydrogens (primary N) is 1. The number of ether oxygens (including phenoxy) is 1. The van der Waals surface area contributed by atoms with Gasteiger partial charge in [-0.15, -0.1) is 0 Å². The summed E-state index contributed by atoms with van der Waals surface area (Å²) in [4.78, 5) is 0. The number of rotatable bonds is 2. The summed E-state index contributed by atoms with van der Waals surface area (Å²) in [6, 6.07) is 4.35. The minimum atomic E-state index is 0.224. The van der Waals surface area contributed by atoms with Crippen LogP contribution in [0.4, 0.5) is 0 Å². The first kappa shape index (κ1) is 12.0.